The van der Waals surface area contributed by atoms with Crippen LogP contribution in [0.1, 0.15) is 27.7 Å². The number of alkyl halides is 3. The number of hydrogen-bond donors (Lipinski definition) is 0. The van der Waals surface area contributed by atoms with Crippen LogP contribution in [0.4, 0.5) is 13.2 Å². The standard InChI is InChI=1S/C10H17F3O/c1-5(2)7-8(11)10(12,13)9(14-7)6(3)4/h5-9H,1-4H3/t7-,8+,9+/m0/s1. The van der Waals surface area contributed by atoms with Gasteiger partial charge in [0.05, 0.1) is 6.10 Å². The molecule has 0 radical (unpaired) electrons. The van der Waals surface area contributed by atoms with Crippen molar-refractivity contribution < 1.29 is 17.9 Å². The molecule has 0 N–H and O–H groups in total. The quantitative estimate of drug-likeness (QED) is 0.680. The number of halogens is 3. The molecular weight excluding hydrogens is 193 g/mol. The summed E-state index contributed by atoms with van der Waals surface area (Å²) in [6.07, 6.45) is -4.43. The van der Waals surface area contributed by atoms with Gasteiger partial charge in [0.2, 0.25) is 0 Å². The van der Waals surface area contributed by atoms with Gasteiger partial charge in [-0.2, -0.15) is 0 Å². The third-order valence-corrected chi connectivity index (χ3v) is 2.60. The fourth-order valence-electron chi connectivity index (χ4n) is 1.80. The Morgan fingerprint density at radius 3 is 1.79 bits per heavy atom. The Balaban J connectivity index is 2.85. The van der Waals surface area contributed by atoms with Gasteiger partial charge in [0.25, 0.3) is 0 Å². The molecule has 0 aliphatic carbocycles. The average molecular weight is 210 g/mol. The summed E-state index contributed by atoms with van der Waals surface area (Å²) < 4.78 is 45.2. The Morgan fingerprint density at radius 2 is 1.57 bits per heavy atom. The van der Waals surface area contributed by atoms with Crippen molar-refractivity contribution >= 4 is 0 Å². The monoisotopic (exact) mass is 210 g/mol. The topological polar surface area (TPSA) is 9.23 Å². The van der Waals surface area contributed by atoms with Gasteiger partial charge in [-0.05, 0) is 11.8 Å². The second kappa shape index (κ2) is 3.72. The first kappa shape index (κ1) is 11.8. The highest BCUT2D eigenvalue weighted by atomic mass is 19.3. The average Bonchev–Trinajstić information content (AvgIpc) is 2.24. The Hall–Kier alpha value is -0.250. The molecule has 14 heavy (non-hydrogen) atoms. The smallest absolute Gasteiger partial charge is 0.307 e. The van der Waals surface area contributed by atoms with Gasteiger partial charge in [0.15, 0.2) is 6.17 Å². The first-order valence-electron chi connectivity index (χ1n) is 4.95. The molecule has 1 saturated heterocycles. The number of ether oxygens (including phenoxy) is 1. The molecule has 0 aromatic carbocycles. The lowest BCUT2D eigenvalue weighted by Gasteiger charge is -2.21. The predicted molar refractivity (Wildman–Crippen MR) is 48.2 cm³/mol. The van der Waals surface area contributed by atoms with E-state index in [4.69, 9.17) is 4.74 Å². The molecule has 0 aromatic rings. The summed E-state index contributed by atoms with van der Waals surface area (Å²) in [5.41, 5.74) is 0. The van der Waals surface area contributed by atoms with Crippen LogP contribution >= 0.6 is 0 Å². The number of hydrogen-bond acceptors (Lipinski definition) is 1. The maximum atomic E-state index is 13.4. The van der Waals surface area contributed by atoms with Gasteiger partial charge in [-0.3, -0.25) is 0 Å². The maximum absolute atomic E-state index is 13.4. The third-order valence-electron chi connectivity index (χ3n) is 2.60. The summed E-state index contributed by atoms with van der Waals surface area (Å²) in [6, 6.07) is 0. The molecule has 1 heterocycles. The Kier molecular flexibility index (Phi) is 3.14. The molecule has 4 heteroatoms. The SMILES string of the molecule is CC(C)[C@H]1O[C@@H](C(C)C)[C@@H](F)C1(F)F. The highest BCUT2D eigenvalue weighted by molar-refractivity contribution is 4.99. The largest absolute Gasteiger partial charge is 0.365 e. The summed E-state index contributed by atoms with van der Waals surface area (Å²) >= 11 is 0. The predicted octanol–water partition coefficient (Wildman–Crippen LogP) is 3.04. The van der Waals surface area contributed by atoms with E-state index in [9.17, 15) is 13.2 Å². The molecular formula is C10H17F3O. The first-order chi connectivity index (χ1) is 6.28. The fourth-order valence-corrected chi connectivity index (χ4v) is 1.80. The van der Waals surface area contributed by atoms with E-state index in [1.165, 1.54) is 0 Å². The Morgan fingerprint density at radius 1 is 1.07 bits per heavy atom. The normalized spacial score (nSPS) is 37.1. The fraction of sp³-hybridized carbons (Fsp3) is 1.00. The van der Waals surface area contributed by atoms with Crippen LogP contribution in [0.5, 0.6) is 0 Å². The summed E-state index contributed by atoms with van der Waals surface area (Å²) in [5, 5.41) is 0. The lowest BCUT2D eigenvalue weighted by Crippen LogP contribution is -2.40. The highest BCUT2D eigenvalue weighted by Crippen LogP contribution is 2.43. The molecule has 0 bridgehead atoms. The van der Waals surface area contributed by atoms with E-state index in [0.29, 0.717) is 0 Å². The van der Waals surface area contributed by atoms with E-state index in [1.807, 2.05) is 0 Å². The van der Waals surface area contributed by atoms with E-state index in [-0.39, 0.29) is 11.8 Å². The Labute approximate surface area is 82.6 Å². The van der Waals surface area contributed by atoms with Crippen molar-refractivity contribution in [2.24, 2.45) is 11.8 Å². The molecule has 1 aliphatic rings. The van der Waals surface area contributed by atoms with E-state index in [0.717, 1.165) is 0 Å². The van der Waals surface area contributed by atoms with Crippen molar-refractivity contribution in [3.63, 3.8) is 0 Å². The van der Waals surface area contributed by atoms with E-state index >= 15 is 0 Å². The second-order valence-corrected chi connectivity index (χ2v) is 4.59. The Bertz CT molecular complexity index is 204. The van der Waals surface area contributed by atoms with Crippen molar-refractivity contribution in [2.75, 3.05) is 0 Å². The molecule has 1 aliphatic heterocycles. The minimum absolute atomic E-state index is 0.223. The zero-order chi connectivity index (χ0) is 11.1. The van der Waals surface area contributed by atoms with E-state index in [2.05, 4.69) is 0 Å². The molecule has 0 unspecified atom stereocenters. The molecule has 0 saturated carbocycles. The molecule has 0 spiro atoms. The van der Waals surface area contributed by atoms with Crippen LogP contribution in [-0.4, -0.2) is 24.3 Å². The van der Waals surface area contributed by atoms with Crippen LogP contribution in [0, 0.1) is 11.8 Å². The molecule has 3 atom stereocenters. The lowest BCUT2D eigenvalue weighted by molar-refractivity contribution is -0.110. The zero-order valence-corrected chi connectivity index (χ0v) is 8.93. The van der Waals surface area contributed by atoms with Crippen molar-refractivity contribution in [1.29, 1.82) is 0 Å². The molecule has 1 fully saturated rings. The second-order valence-electron chi connectivity index (χ2n) is 4.59. The third kappa shape index (κ3) is 1.76. The van der Waals surface area contributed by atoms with Crippen LogP contribution < -0.4 is 0 Å². The van der Waals surface area contributed by atoms with Gasteiger partial charge >= 0.3 is 5.92 Å². The van der Waals surface area contributed by atoms with Gasteiger partial charge in [0, 0.05) is 0 Å². The number of rotatable bonds is 2. The summed E-state index contributed by atoms with van der Waals surface area (Å²) in [4.78, 5) is 0. The van der Waals surface area contributed by atoms with Gasteiger partial charge in [-0.1, -0.05) is 27.7 Å². The van der Waals surface area contributed by atoms with Gasteiger partial charge in [0.1, 0.15) is 6.10 Å². The highest BCUT2D eigenvalue weighted by Gasteiger charge is 2.60. The van der Waals surface area contributed by atoms with Crippen LogP contribution in [0.25, 0.3) is 0 Å². The molecule has 1 nitrogen and oxygen atoms in total. The van der Waals surface area contributed by atoms with Crippen molar-refractivity contribution in [3.8, 4) is 0 Å². The molecule has 0 amide bonds. The minimum atomic E-state index is -3.34. The first-order valence-corrected chi connectivity index (χ1v) is 4.95. The van der Waals surface area contributed by atoms with Gasteiger partial charge in [-0.25, -0.2) is 13.2 Å². The van der Waals surface area contributed by atoms with Gasteiger partial charge < -0.3 is 4.74 Å². The van der Waals surface area contributed by atoms with Gasteiger partial charge in [-0.15, -0.1) is 0 Å². The summed E-state index contributed by atoms with van der Waals surface area (Å²) in [6.45, 7) is 6.62. The lowest BCUT2D eigenvalue weighted by atomic mass is 9.96. The summed E-state index contributed by atoms with van der Waals surface area (Å²) in [5.74, 6) is -3.94. The summed E-state index contributed by atoms with van der Waals surface area (Å²) in [7, 11) is 0. The van der Waals surface area contributed by atoms with E-state index in [1.54, 1.807) is 27.7 Å². The van der Waals surface area contributed by atoms with Crippen LogP contribution in [0.15, 0.2) is 0 Å². The zero-order valence-electron chi connectivity index (χ0n) is 8.93. The van der Waals surface area contributed by atoms with Crippen LogP contribution in [0.3, 0.4) is 0 Å². The van der Waals surface area contributed by atoms with Crippen molar-refractivity contribution in [3.05, 3.63) is 0 Å². The molecule has 84 valence electrons. The van der Waals surface area contributed by atoms with Crippen LogP contribution in [0.2, 0.25) is 0 Å². The van der Waals surface area contributed by atoms with Crippen molar-refractivity contribution in [2.45, 2.75) is 52.0 Å². The maximum Gasteiger partial charge on any atom is 0.307 e. The minimum Gasteiger partial charge on any atom is -0.365 e. The molecule has 1 rings (SSSR count). The van der Waals surface area contributed by atoms with Crippen molar-refractivity contribution in [1.82, 2.24) is 0 Å². The molecule has 0 aromatic heterocycles. The van der Waals surface area contributed by atoms with E-state index < -0.39 is 24.3 Å². The van der Waals surface area contributed by atoms with Crippen LogP contribution in [-0.2, 0) is 4.74 Å².